The van der Waals surface area contributed by atoms with Gasteiger partial charge < -0.3 is 24.8 Å². The Bertz CT molecular complexity index is 2530. The molecule has 2 saturated heterocycles. The van der Waals surface area contributed by atoms with Gasteiger partial charge >= 0.3 is 0 Å². The summed E-state index contributed by atoms with van der Waals surface area (Å²) in [5, 5.41) is 16.7. The van der Waals surface area contributed by atoms with Crippen molar-refractivity contribution < 1.29 is 22.9 Å². The van der Waals surface area contributed by atoms with Crippen molar-refractivity contribution in [3.05, 3.63) is 123 Å². The smallest absolute Gasteiger partial charge is 0.293 e. The molecule has 1 aliphatic carbocycles. The monoisotopic (exact) mass is 879 g/mol. The first-order chi connectivity index (χ1) is 30.1. The Kier molecular flexibility index (Phi) is 13.8. The highest BCUT2D eigenvalue weighted by molar-refractivity contribution is 7.90. The maximum absolute atomic E-state index is 14.0. The normalized spacial score (nSPS) is 16.9. The molecule has 2 fully saturated rings. The SMILES string of the molecule is O=C(NS(=O)(=O)c1ccc(NCCCN2CCCC2)c([N+](=O)[O-])c1)c1ccc(N2CCN(CC3=C(c4ccc(Cl)cc4)CCCCCC3)CC2)cc1Oc1cccc2[nH]ccc12. The summed E-state index contributed by atoms with van der Waals surface area (Å²) in [6.07, 6.45) is 12.0. The van der Waals surface area contributed by atoms with Gasteiger partial charge in [0.2, 0.25) is 0 Å². The third-order valence-electron chi connectivity index (χ3n) is 12.3. The molecule has 1 amide bonds. The third-order valence-corrected chi connectivity index (χ3v) is 13.9. The number of benzene rings is 4. The number of carbonyl (C=O) groups excluding carboxylic acids is 1. The molecule has 8 rings (SSSR count). The van der Waals surface area contributed by atoms with E-state index < -0.39 is 31.4 Å². The Labute approximate surface area is 368 Å². The molecule has 3 N–H and O–H groups in total. The number of rotatable bonds is 15. The number of allylic oxidation sites excluding steroid dienone is 1. The number of sulfonamides is 1. The van der Waals surface area contributed by atoms with E-state index in [-0.39, 0.29) is 17.0 Å². The highest BCUT2D eigenvalue weighted by atomic mass is 35.5. The molecule has 3 aliphatic rings. The lowest BCUT2D eigenvalue weighted by Gasteiger charge is -2.37. The van der Waals surface area contributed by atoms with Crippen LogP contribution >= 0.6 is 11.6 Å². The van der Waals surface area contributed by atoms with Crippen LogP contribution in [0.5, 0.6) is 11.5 Å². The van der Waals surface area contributed by atoms with Gasteiger partial charge in [0, 0.05) is 79.2 Å². The molecule has 5 aromatic rings. The van der Waals surface area contributed by atoms with Gasteiger partial charge in [0.1, 0.15) is 17.2 Å². The Morgan fingerprint density at radius 3 is 2.37 bits per heavy atom. The maximum Gasteiger partial charge on any atom is 0.293 e. The number of carbonyl (C=O) groups is 1. The topological polar surface area (TPSA) is 153 Å². The van der Waals surface area contributed by atoms with Crippen LogP contribution in [0.25, 0.3) is 16.5 Å². The molecule has 13 nitrogen and oxygen atoms in total. The lowest BCUT2D eigenvalue weighted by molar-refractivity contribution is -0.384. The number of nitro benzene ring substituents is 1. The van der Waals surface area contributed by atoms with E-state index in [1.54, 1.807) is 24.4 Å². The van der Waals surface area contributed by atoms with Gasteiger partial charge in [-0.2, -0.15) is 0 Å². The van der Waals surface area contributed by atoms with Crippen molar-refractivity contribution in [3.8, 4) is 11.5 Å². The van der Waals surface area contributed by atoms with Gasteiger partial charge in [-0.3, -0.25) is 19.8 Å². The number of anilines is 2. The van der Waals surface area contributed by atoms with E-state index in [2.05, 4.69) is 41.9 Å². The third kappa shape index (κ3) is 10.4. The number of nitro groups is 1. The number of hydrogen-bond donors (Lipinski definition) is 3. The first-order valence-electron chi connectivity index (χ1n) is 21.8. The van der Waals surface area contributed by atoms with E-state index in [1.807, 2.05) is 36.4 Å². The summed E-state index contributed by atoms with van der Waals surface area (Å²) in [7, 11) is -4.53. The van der Waals surface area contributed by atoms with Gasteiger partial charge in [0.15, 0.2) is 0 Å². The van der Waals surface area contributed by atoms with E-state index >= 15 is 0 Å². The second kappa shape index (κ2) is 19.7. The number of nitrogens with one attached hydrogen (secondary N) is 3. The molecule has 326 valence electrons. The Hall–Kier alpha value is -5.41. The quantitative estimate of drug-likeness (QED) is 0.0527. The molecule has 0 spiro atoms. The lowest BCUT2D eigenvalue weighted by Crippen LogP contribution is -2.47. The molecule has 4 aromatic carbocycles. The van der Waals surface area contributed by atoms with Gasteiger partial charge in [-0.1, -0.05) is 48.2 Å². The van der Waals surface area contributed by atoms with Crippen molar-refractivity contribution in [2.24, 2.45) is 0 Å². The van der Waals surface area contributed by atoms with Gasteiger partial charge in [-0.15, -0.1) is 0 Å². The molecule has 0 bridgehead atoms. The van der Waals surface area contributed by atoms with E-state index in [1.165, 1.54) is 67.4 Å². The van der Waals surface area contributed by atoms with Crippen LogP contribution in [-0.4, -0.2) is 92.9 Å². The number of nitrogens with zero attached hydrogens (tertiary/aromatic N) is 4. The highest BCUT2D eigenvalue weighted by Gasteiger charge is 2.27. The van der Waals surface area contributed by atoms with Crippen molar-refractivity contribution >= 4 is 61.1 Å². The summed E-state index contributed by atoms with van der Waals surface area (Å²) in [4.78, 5) is 35.4. The number of halogens is 1. The number of H-pyrrole nitrogens is 1. The van der Waals surface area contributed by atoms with Crippen LogP contribution in [0.1, 0.15) is 73.7 Å². The fourth-order valence-corrected chi connectivity index (χ4v) is 10.0. The summed E-state index contributed by atoms with van der Waals surface area (Å²) in [5.41, 5.74) is 5.72. The Balaban J connectivity index is 0.993. The average Bonchev–Trinajstić information content (AvgIpc) is 3.98. The summed E-state index contributed by atoms with van der Waals surface area (Å²) in [6, 6.07) is 24.5. The zero-order chi connectivity index (χ0) is 43.1. The molecule has 0 saturated carbocycles. The van der Waals surface area contributed by atoms with Crippen LogP contribution in [0.4, 0.5) is 17.1 Å². The molecular weight excluding hydrogens is 826 g/mol. The molecule has 0 unspecified atom stereocenters. The Morgan fingerprint density at radius 1 is 0.823 bits per heavy atom. The zero-order valence-corrected chi connectivity index (χ0v) is 36.5. The Morgan fingerprint density at radius 2 is 1.60 bits per heavy atom. The number of amides is 1. The standard InChI is InChI=1S/C47H54ClN7O6S/c48-36-15-13-34(14-16-36)39-10-4-2-1-3-9-35(39)33-53-27-29-54(30-28-53)37-17-19-41(46(31-37)61-45-12-7-11-42-40(45)21-23-50-42)47(56)51-62(59,60)38-18-20-43(44(32-38)55(57)58)49-22-8-26-52-24-5-6-25-52/h7,11-21,23,31-32,49-50H,1-6,8-10,22,24-30,33H2,(H,51,56). The number of likely N-dealkylation sites (tertiary alicyclic amines) is 1. The minimum absolute atomic E-state index is 0.000219. The van der Waals surface area contributed by atoms with Gasteiger partial charge in [-0.05, 0) is 130 Å². The average molecular weight is 881 g/mol. The summed E-state index contributed by atoms with van der Waals surface area (Å²) < 4.78 is 36.1. The van der Waals surface area contributed by atoms with Crippen molar-refractivity contribution in [1.82, 2.24) is 19.5 Å². The second-order valence-corrected chi connectivity index (χ2v) is 18.6. The van der Waals surface area contributed by atoms with Crippen molar-refractivity contribution in [3.63, 3.8) is 0 Å². The number of hydrogen-bond acceptors (Lipinski definition) is 10. The molecule has 2 aliphatic heterocycles. The first-order valence-corrected chi connectivity index (χ1v) is 23.6. The van der Waals surface area contributed by atoms with Crippen molar-refractivity contribution in [2.75, 3.05) is 69.1 Å². The number of fused-ring (bicyclic) bond motifs is 1. The predicted octanol–water partition coefficient (Wildman–Crippen LogP) is 9.47. The molecule has 62 heavy (non-hydrogen) atoms. The van der Waals surface area contributed by atoms with Crippen LogP contribution in [-0.2, 0) is 10.0 Å². The van der Waals surface area contributed by atoms with Crippen molar-refractivity contribution in [2.45, 2.75) is 62.7 Å². The van der Waals surface area contributed by atoms with E-state index in [0.29, 0.717) is 12.3 Å². The van der Waals surface area contributed by atoms with Crippen LogP contribution in [0, 0.1) is 10.1 Å². The number of aromatic nitrogens is 1. The lowest BCUT2D eigenvalue weighted by atomic mass is 9.88. The molecule has 15 heteroatoms. The molecule has 3 heterocycles. The van der Waals surface area contributed by atoms with Crippen molar-refractivity contribution in [1.29, 1.82) is 0 Å². The van der Waals surface area contributed by atoms with E-state index in [4.69, 9.17) is 16.3 Å². The fraction of sp³-hybridized carbons (Fsp3) is 0.383. The molecular formula is C47H54ClN7O6S. The number of aromatic amines is 1. The van der Waals surface area contributed by atoms with Crippen LogP contribution in [0.2, 0.25) is 5.02 Å². The van der Waals surface area contributed by atoms with Crippen LogP contribution in [0.15, 0.2) is 102 Å². The molecule has 0 radical (unpaired) electrons. The maximum atomic E-state index is 14.0. The minimum atomic E-state index is -4.53. The largest absolute Gasteiger partial charge is 0.456 e. The van der Waals surface area contributed by atoms with E-state index in [9.17, 15) is 23.3 Å². The van der Waals surface area contributed by atoms with Gasteiger partial charge in [0.25, 0.3) is 21.6 Å². The summed E-state index contributed by atoms with van der Waals surface area (Å²) >= 11 is 6.25. The van der Waals surface area contributed by atoms with Gasteiger partial charge in [-0.25, -0.2) is 13.1 Å². The summed E-state index contributed by atoms with van der Waals surface area (Å²) in [5.74, 6) is -0.253. The fourth-order valence-electron chi connectivity index (χ4n) is 8.92. The highest BCUT2D eigenvalue weighted by Crippen LogP contribution is 2.36. The zero-order valence-electron chi connectivity index (χ0n) is 34.9. The van der Waals surface area contributed by atoms with Crippen LogP contribution < -0.4 is 19.7 Å². The van der Waals surface area contributed by atoms with E-state index in [0.717, 1.165) is 99.3 Å². The number of piperazine rings is 1. The first kappa shape index (κ1) is 43.2. The predicted molar refractivity (Wildman–Crippen MR) is 246 cm³/mol. The van der Waals surface area contributed by atoms with Crippen LogP contribution in [0.3, 0.4) is 0 Å². The summed E-state index contributed by atoms with van der Waals surface area (Å²) in [6.45, 7) is 7.59. The number of ether oxygens (including phenoxy) is 1. The molecule has 0 atom stereocenters. The second-order valence-electron chi connectivity index (χ2n) is 16.4. The molecule has 1 aromatic heterocycles. The minimum Gasteiger partial charge on any atom is -0.456 e. The van der Waals surface area contributed by atoms with Gasteiger partial charge in [0.05, 0.1) is 15.4 Å².